The molecule has 6 heteroatoms. The summed E-state index contributed by atoms with van der Waals surface area (Å²) in [6.45, 7) is 0.721. The summed E-state index contributed by atoms with van der Waals surface area (Å²) in [4.78, 5) is 0.338. The molecule has 0 aromatic heterocycles. The van der Waals surface area contributed by atoms with E-state index in [0.717, 1.165) is 24.4 Å². The summed E-state index contributed by atoms with van der Waals surface area (Å²) in [5.41, 5.74) is 1.06. The van der Waals surface area contributed by atoms with Crippen LogP contribution in [0.5, 0.6) is 0 Å². The van der Waals surface area contributed by atoms with Gasteiger partial charge < -0.3 is 5.32 Å². The molecule has 4 nitrogen and oxygen atoms in total. The van der Waals surface area contributed by atoms with Crippen LogP contribution in [0.15, 0.2) is 27.6 Å². The Balaban J connectivity index is 1.78. The lowest BCUT2D eigenvalue weighted by Crippen LogP contribution is -2.38. The molecule has 0 spiro atoms. The van der Waals surface area contributed by atoms with Gasteiger partial charge in [0, 0.05) is 17.1 Å². The highest BCUT2D eigenvalue weighted by Crippen LogP contribution is 2.45. The maximum absolute atomic E-state index is 12.6. The van der Waals surface area contributed by atoms with Gasteiger partial charge in [0.05, 0.1) is 4.90 Å². The van der Waals surface area contributed by atoms with Crippen LogP contribution in [0.2, 0.25) is 0 Å². The molecule has 0 amide bonds. The fourth-order valence-corrected chi connectivity index (χ4v) is 6.17. The minimum absolute atomic E-state index is 0.123. The highest BCUT2D eigenvalue weighted by molar-refractivity contribution is 9.10. The second-order valence-corrected chi connectivity index (χ2v) is 8.73. The zero-order valence-electron chi connectivity index (χ0n) is 12.1. The van der Waals surface area contributed by atoms with Gasteiger partial charge in [0.15, 0.2) is 0 Å². The van der Waals surface area contributed by atoms with Gasteiger partial charge in [0.25, 0.3) is 0 Å². The topological polar surface area (TPSA) is 58.2 Å². The highest BCUT2D eigenvalue weighted by atomic mass is 79.9. The second kappa shape index (κ2) is 5.99. The minimum atomic E-state index is -3.45. The third kappa shape index (κ3) is 3.18. The van der Waals surface area contributed by atoms with E-state index >= 15 is 0 Å². The lowest BCUT2D eigenvalue weighted by molar-refractivity contribution is 0.390. The van der Waals surface area contributed by atoms with Crippen LogP contribution in [-0.2, 0) is 16.6 Å². The quantitative estimate of drug-likeness (QED) is 0.834. The number of hydrogen-bond donors (Lipinski definition) is 2. The number of fused-ring (bicyclic) bond motifs is 2. The average Bonchev–Trinajstić information content (AvgIpc) is 3.00. The van der Waals surface area contributed by atoms with Crippen molar-refractivity contribution >= 4 is 26.0 Å². The Labute approximate surface area is 134 Å². The standard InChI is InChI=1S/C15H21BrN2O2S/c1-17-9-11-3-5-15(13(16)7-11)21(19,20)18-14-8-10-2-4-12(14)6-10/h3,5,7,10,12,14,17-18H,2,4,6,8-9H2,1H3. The van der Waals surface area contributed by atoms with Crippen LogP contribution in [0, 0.1) is 11.8 Å². The number of benzene rings is 1. The minimum Gasteiger partial charge on any atom is -0.316 e. The zero-order valence-corrected chi connectivity index (χ0v) is 14.5. The van der Waals surface area contributed by atoms with Crippen LogP contribution in [0.25, 0.3) is 0 Å². The Morgan fingerprint density at radius 1 is 1.29 bits per heavy atom. The van der Waals surface area contributed by atoms with Gasteiger partial charge in [-0.15, -0.1) is 0 Å². The molecule has 2 saturated carbocycles. The van der Waals surface area contributed by atoms with E-state index < -0.39 is 10.0 Å². The average molecular weight is 373 g/mol. The van der Waals surface area contributed by atoms with Gasteiger partial charge in [-0.05, 0) is 71.8 Å². The molecule has 0 radical (unpaired) electrons. The van der Waals surface area contributed by atoms with E-state index in [1.54, 1.807) is 6.07 Å². The lowest BCUT2D eigenvalue weighted by atomic mass is 9.96. The van der Waals surface area contributed by atoms with Gasteiger partial charge in [0.1, 0.15) is 0 Å². The van der Waals surface area contributed by atoms with Crippen LogP contribution in [0.1, 0.15) is 31.2 Å². The first-order valence-electron chi connectivity index (χ1n) is 7.45. The molecule has 1 aromatic carbocycles. The predicted octanol–water partition coefficient (Wildman–Crippen LogP) is 2.64. The van der Waals surface area contributed by atoms with Gasteiger partial charge in [0.2, 0.25) is 10.0 Å². The van der Waals surface area contributed by atoms with Crippen molar-refractivity contribution in [2.75, 3.05) is 7.05 Å². The Bertz CT molecular complexity index is 633. The van der Waals surface area contributed by atoms with Gasteiger partial charge in [-0.2, -0.15) is 0 Å². The molecule has 21 heavy (non-hydrogen) atoms. The molecule has 3 atom stereocenters. The molecule has 2 bridgehead atoms. The van der Waals surface area contributed by atoms with E-state index in [9.17, 15) is 8.42 Å². The van der Waals surface area contributed by atoms with Crippen molar-refractivity contribution in [1.29, 1.82) is 0 Å². The molecular weight excluding hydrogens is 352 g/mol. The van der Waals surface area contributed by atoms with E-state index in [1.165, 1.54) is 19.3 Å². The number of sulfonamides is 1. The molecule has 3 rings (SSSR count). The van der Waals surface area contributed by atoms with Crippen molar-refractivity contribution < 1.29 is 8.42 Å². The molecule has 3 unspecified atom stereocenters. The number of rotatable bonds is 5. The normalized spacial score (nSPS) is 28.2. The predicted molar refractivity (Wildman–Crippen MR) is 86.5 cm³/mol. The van der Waals surface area contributed by atoms with Crippen molar-refractivity contribution in [3.05, 3.63) is 28.2 Å². The van der Waals surface area contributed by atoms with E-state index in [2.05, 4.69) is 26.0 Å². The van der Waals surface area contributed by atoms with E-state index in [1.807, 2.05) is 19.2 Å². The van der Waals surface area contributed by atoms with E-state index in [4.69, 9.17) is 0 Å². The summed E-state index contributed by atoms with van der Waals surface area (Å²) in [7, 11) is -1.58. The van der Waals surface area contributed by atoms with Crippen molar-refractivity contribution in [1.82, 2.24) is 10.0 Å². The number of halogens is 1. The zero-order chi connectivity index (χ0) is 15.0. The smallest absolute Gasteiger partial charge is 0.241 e. The fourth-order valence-electron chi connectivity index (χ4n) is 3.73. The van der Waals surface area contributed by atoms with Crippen LogP contribution >= 0.6 is 15.9 Å². The van der Waals surface area contributed by atoms with Gasteiger partial charge in [-0.1, -0.05) is 12.5 Å². The van der Waals surface area contributed by atoms with E-state index in [0.29, 0.717) is 15.3 Å². The molecule has 0 aliphatic heterocycles. The molecule has 116 valence electrons. The van der Waals surface area contributed by atoms with Gasteiger partial charge in [-0.25, -0.2) is 13.1 Å². The molecule has 2 N–H and O–H groups in total. The fraction of sp³-hybridized carbons (Fsp3) is 0.600. The Hall–Kier alpha value is -0.430. The van der Waals surface area contributed by atoms with Crippen LogP contribution in [0.3, 0.4) is 0 Å². The van der Waals surface area contributed by atoms with Crippen molar-refractivity contribution in [2.24, 2.45) is 11.8 Å². The highest BCUT2D eigenvalue weighted by Gasteiger charge is 2.41. The third-order valence-corrected chi connectivity index (χ3v) is 7.18. The maximum Gasteiger partial charge on any atom is 0.241 e. The summed E-state index contributed by atoms with van der Waals surface area (Å²) in [6, 6.07) is 5.53. The summed E-state index contributed by atoms with van der Waals surface area (Å²) < 4.78 is 28.7. The maximum atomic E-state index is 12.6. The largest absolute Gasteiger partial charge is 0.316 e. The first-order valence-corrected chi connectivity index (χ1v) is 9.72. The summed E-state index contributed by atoms with van der Waals surface area (Å²) >= 11 is 3.40. The molecule has 2 fully saturated rings. The lowest BCUT2D eigenvalue weighted by Gasteiger charge is -2.23. The SMILES string of the molecule is CNCc1ccc(S(=O)(=O)NC2CC3CCC2C3)c(Br)c1. The number of hydrogen-bond acceptors (Lipinski definition) is 3. The first kappa shape index (κ1) is 15.5. The Kier molecular flexibility index (Phi) is 4.41. The molecule has 0 saturated heterocycles. The van der Waals surface area contributed by atoms with Crippen molar-refractivity contribution in [3.8, 4) is 0 Å². The second-order valence-electron chi connectivity index (χ2n) is 6.20. The molecule has 1 aromatic rings. The van der Waals surface area contributed by atoms with Crippen molar-refractivity contribution in [3.63, 3.8) is 0 Å². The first-order chi connectivity index (χ1) is 9.99. The van der Waals surface area contributed by atoms with Gasteiger partial charge >= 0.3 is 0 Å². The molecule has 2 aliphatic carbocycles. The molecule has 0 heterocycles. The summed E-state index contributed by atoms with van der Waals surface area (Å²) in [5, 5.41) is 3.06. The van der Waals surface area contributed by atoms with Gasteiger partial charge in [-0.3, -0.25) is 0 Å². The Morgan fingerprint density at radius 3 is 2.67 bits per heavy atom. The van der Waals surface area contributed by atoms with Crippen LogP contribution in [0.4, 0.5) is 0 Å². The monoisotopic (exact) mass is 372 g/mol. The Morgan fingerprint density at radius 2 is 2.10 bits per heavy atom. The van der Waals surface area contributed by atoms with E-state index in [-0.39, 0.29) is 6.04 Å². The van der Waals surface area contributed by atoms with Crippen LogP contribution < -0.4 is 10.0 Å². The molecular formula is C15H21BrN2O2S. The molecule has 2 aliphatic rings. The third-order valence-electron chi connectivity index (χ3n) is 4.71. The summed E-state index contributed by atoms with van der Waals surface area (Å²) in [6.07, 6.45) is 4.63. The van der Waals surface area contributed by atoms with Crippen LogP contribution in [-0.4, -0.2) is 21.5 Å². The number of nitrogens with one attached hydrogen (secondary N) is 2. The summed E-state index contributed by atoms with van der Waals surface area (Å²) in [5.74, 6) is 1.26. The van der Waals surface area contributed by atoms with Crippen molar-refractivity contribution in [2.45, 2.75) is 43.2 Å².